The summed E-state index contributed by atoms with van der Waals surface area (Å²) in [5, 5.41) is 3.72. The summed E-state index contributed by atoms with van der Waals surface area (Å²) in [7, 11) is 0. The Labute approximate surface area is 180 Å². The standard InChI is InChI=1S/C25H27FN2O3/c1-16(2)22-13-25(30)28(14-17-4-3-5-17)23-12-20(10-11-21(22)23)31-15-24(29)27-19-8-6-18(26)7-9-19/h6-13,16-17H,3-5,14-15H2,1-2H3,(H,27,29). The van der Waals surface area contributed by atoms with Gasteiger partial charge in [0.1, 0.15) is 11.6 Å². The van der Waals surface area contributed by atoms with Gasteiger partial charge in [-0.05, 0) is 66.6 Å². The summed E-state index contributed by atoms with van der Waals surface area (Å²) in [6.07, 6.45) is 3.53. The quantitative estimate of drug-likeness (QED) is 0.578. The fourth-order valence-electron chi connectivity index (χ4n) is 3.95. The molecule has 31 heavy (non-hydrogen) atoms. The van der Waals surface area contributed by atoms with Crippen LogP contribution in [0.25, 0.3) is 10.9 Å². The summed E-state index contributed by atoms with van der Waals surface area (Å²) >= 11 is 0. The summed E-state index contributed by atoms with van der Waals surface area (Å²) in [5.41, 5.74) is 2.38. The van der Waals surface area contributed by atoms with Crippen molar-refractivity contribution in [2.24, 2.45) is 5.92 Å². The Hall–Kier alpha value is -3.15. The molecule has 6 heteroatoms. The van der Waals surface area contributed by atoms with Gasteiger partial charge in [0.2, 0.25) is 0 Å². The van der Waals surface area contributed by atoms with E-state index >= 15 is 0 Å². The van der Waals surface area contributed by atoms with Crippen LogP contribution in [0.1, 0.15) is 44.6 Å². The Morgan fingerprint density at radius 3 is 2.55 bits per heavy atom. The molecule has 0 spiro atoms. The van der Waals surface area contributed by atoms with Gasteiger partial charge in [0.15, 0.2) is 6.61 Å². The van der Waals surface area contributed by atoms with E-state index in [1.165, 1.54) is 30.7 Å². The highest BCUT2D eigenvalue weighted by atomic mass is 19.1. The molecule has 2 aromatic carbocycles. The van der Waals surface area contributed by atoms with Crippen molar-refractivity contribution in [3.8, 4) is 5.75 Å². The average Bonchev–Trinajstić information content (AvgIpc) is 2.71. The molecule has 162 valence electrons. The second-order valence-electron chi connectivity index (χ2n) is 8.52. The number of ether oxygens (including phenoxy) is 1. The van der Waals surface area contributed by atoms with Gasteiger partial charge in [-0.3, -0.25) is 9.59 Å². The summed E-state index contributed by atoms with van der Waals surface area (Å²) in [4.78, 5) is 25.1. The fraction of sp³-hybridized carbons (Fsp3) is 0.360. The van der Waals surface area contributed by atoms with E-state index in [0.29, 0.717) is 23.9 Å². The van der Waals surface area contributed by atoms with Crippen molar-refractivity contribution in [1.29, 1.82) is 0 Å². The highest BCUT2D eigenvalue weighted by Crippen LogP contribution is 2.31. The lowest BCUT2D eigenvalue weighted by molar-refractivity contribution is -0.118. The van der Waals surface area contributed by atoms with Crippen molar-refractivity contribution in [3.05, 3.63) is 70.3 Å². The van der Waals surface area contributed by atoms with Crippen molar-refractivity contribution >= 4 is 22.5 Å². The van der Waals surface area contributed by atoms with Crippen molar-refractivity contribution in [3.63, 3.8) is 0 Å². The van der Waals surface area contributed by atoms with Crippen LogP contribution in [0.5, 0.6) is 5.75 Å². The third-order valence-electron chi connectivity index (χ3n) is 5.90. The predicted molar refractivity (Wildman–Crippen MR) is 120 cm³/mol. The van der Waals surface area contributed by atoms with Crippen LogP contribution in [-0.4, -0.2) is 17.1 Å². The van der Waals surface area contributed by atoms with Gasteiger partial charge >= 0.3 is 0 Å². The molecule has 1 aliphatic carbocycles. The van der Waals surface area contributed by atoms with E-state index in [1.807, 2.05) is 22.8 Å². The van der Waals surface area contributed by atoms with E-state index in [2.05, 4.69) is 19.2 Å². The lowest BCUT2D eigenvalue weighted by atomic mass is 9.85. The summed E-state index contributed by atoms with van der Waals surface area (Å²) < 4.78 is 20.6. The Morgan fingerprint density at radius 1 is 1.16 bits per heavy atom. The van der Waals surface area contributed by atoms with Crippen LogP contribution in [0, 0.1) is 11.7 Å². The molecular formula is C25H27FN2O3. The van der Waals surface area contributed by atoms with Crippen LogP contribution < -0.4 is 15.6 Å². The molecule has 1 saturated carbocycles. The third-order valence-corrected chi connectivity index (χ3v) is 5.90. The number of carbonyl (C=O) groups is 1. The van der Waals surface area contributed by atoms with Crippen LogP contribution in [0.4, 0.5) is 10.1 Å². The van der Waals surface area contributed by atoms with Crippen LogP contribution in [-0.2, 0) is 11.3 Å². The van der Waals surface area contributed by atoms with Gasteiger partial charge in [-0.15, -0.1) is 0 Å². The molecule has 1 heterocycles. The summed E-state index contributed by atoms with van der Waals surface area (Å²) in [5.74, 6) is 0.594. The topological polar surface area (TPSA) is 60.3 Å². The number of carbonyl (C=O) groups excluding carboxylic acids is 1. The highest BCUT2D eigenvalue weighted by Gasteiger charge is 2.21. The van der Waals surface area contributed by atoms with Crippen LogP contribution >= 0.6 is 0 Å². The first-order valence-corrected chi connectivity index (χ1v) is 10.8. The van der Waals surface area contributed by atoms with Crippen LogP contribution in [0.15, 0.2) is 53.3 Å². The molecule has 0 saturated heterocycles. The molecule has 0 bridgehead atoms. The number of hydrogen-bond donors (Lipinski definition) is 1. The highest BCUT2D eigenvalue weighted by molar-refractivity contribution is 5.92. The lowest BCUT2D eigenvalue weighted by Crippen LogP contribution is -2.27. The Morgan fingerprint density at radius 2 is 1.90 bits per heavy atom. The molecule has 1 amide bonds. The van der Waals surface area contributed by atoms with Crippen LogP contribution in [0.3, 0.4) is 0 Å². The maximum Gasteiger partial charge on any atom is 0.262 e. The van der Waals surface area contributed by atoms with Crippen molar-refractivity contribution in [1.82, 2.24) is 4.57 Å². The van der Waals surface area contributed by atoms with Gasteiger partial charge in [-0.1, -0.05) is 20.3 Å². The van der Waals surface area contributed by atoms with E-state index < -0.39 is 0 Å². The van der Waals surface area contributed by atoms with E-state index in [1.54, 1.807) is 6.07 Å². The molecule has 0 aliphatic heterocycles. The molecule has 0 radical (unpaired) electrons. The smallest absolute Gasteiger partial charge is 0.262 e. The van der Waals surface area contributed by atoms with Crippen molar-refractivity contribution in [2.75, 3.05) is 11.9 Å². The summed E-state index contributed by atoms with van der Waals surface area (Å²) in [6.45, 7) is 4.69. The van der Waals surface area contributed by atoms with Gasteiger partial charge in [-0.2, -0.15) is 0 Å². The zero-order chi connectivity index (χ0) is 22.0. The maximum absolute atomic E-state index is 13.0. The van der Waals surface area contributed by atoms with E-state index in [4.69, 9.17) is 4.74 Å². The molecule has 0 atom stereocenters. The van der Waals surface area contributed by atoms with Gasteiger partial charge in [0, 0.05) is 29.8 Å². The Bertz CT molecular complexity index is 1150. The predicted octanol–water partition coefficient (Wildman–Crippen LogP) is 5.08. The first-order valence-electron chi connectivity index (χ1n) is 10.8. The molecule has 1 aromatic heterocycles. The zero-order valence-electron chi connectivity index (χ0n) is 17.9. The molecule has 3 aromatic rings. The maximum atomic E-state index is 13.0. The van der Waals surface area contributed by atoms with Gasteiger partial charge < -0.3 is 14.6 Å². The number of halogens is 1. The van der Waals surface area contributed by atoms with Crippen LogP contribution in [0.2, 0.25) is 0 Å². The molecular weight excluding hydrogens is 395 g/mol. The number of anilines is 1. The fourth-order valence-corrected chi connectivity index (χ4v) is 3.95. The average molecular weight is 423 g/mol. The molecule has 1 aliphatic rings. The van der Waals surface area contributed by atoms with E-state index in [0.717, 1.165) is 29.3 Å². The Kier molecular flexibility index (Phi) is 6.07. The normalized spacial score (nSPS) is 13.9. The first kappa shape index (κ1) is 21.1. The first-order chi connectivity index (χ1) is 14.9. The minimum absolute atomic E-state index is 0.00861. The third kappa shape index (κ3) is 4.79. The number of nitrogens with zero attached hydrogens (tertiary/aromatic N) is 1. The second-order valence-corrected chi connectivity index (χ2v) is 8.52. The van der Waals surface area contributed by atoms with E-state index in [9.17, 15) is 14.0 Å². The number of amides is 1. The van der Waals surface area contributed by atoms with Gasteiger partial charge in [0.05, 0.1) is 5.52 Å². The SMILES string of the molecule is CC(C)c1cc(=O)n(CC2CCC2)c2cc(OCC(=O)Nc3ccc(F)cc3)ccc12. The molecule has 0 unspecified atom stereocenters. The number of nitrogens with one attached hydrogen (secondary N) is 1. The lowest BCUT2D eigenvalue weighted by Gasteiger charge is -2.27. The van der Waals surface area contributed by atoms with E-state index in [-0.39, 0.29) is 29.8 Å². The van der Waals surface area contributed by atoms with Gasteiger partial charge in [0.25, 0.3) is 11.5 Å². The molecule has 1 fully saturated rings. The van der Waals surface area contributed by atoms with Crippen molar-refractivity contribution in [2.45, 2.75) is 45.6 Å². The van der Waals surface area contributed by atoms with Gasteiger partial charge in [-0.25, -0.2) is 4.39 Å². The zero-order valence-corrected chi connectivity index (χ0v) is 17.9. The number of aromatic nitrogens is 1. The van der Waals surface area contributed by atoms with Crippen molar-refractivity contribution < 1.29 is 13.9 Å². The number of hydrogen-bond acceptors (Lipinski definition) is 3. The minimum atomic E-state index is -0.362. The molecule has 5 nitrogen and oxygen atoms in total. The molecule has 4 rings (SSSR count). The number of rotatable bonds is 7. The molecule has 1 N–H and O–H groups in total. The number of fused-ring (bicyclic) bond motifs is 1. The Balaban J connectivity index is 1.56. The largest absolute Gasteiger partial charge is 0.484 e. The monoisotopic (exact) mass is 422 g/mol. The second kappa shape index (κ2) is 8.92. The minimum Gasteiger partial charge on any atom is -0.484 e. The summed E-state index contributed by atoms with van der Waals surface area (Å²) in [6, 6.07) is 13.0. The number of pyridine rings is 1. The number of benzene rings is 2.